The highest BCUT2D eigenvalue weighted by molar-refractivity contribution is 6.11. The van der Waals surface area contributed by atoms with Crippen LogP contribution in [0.3, 0.4) is 0 Å². The quantitative estimate of drug-likeness (QED) is 0.121. The number of nitrogens with one attached hydrogen (secondary N) is 2. The lowest BCUT2D eigenvalue weighted by Gasteiger charge is -2.21. The fraction of sp³-hybridized carbons (Fsp3) is 0.256. The van der Waals surface area contributed by atoms with Crippen LogP contribution in [0.15, 0.2) is 97.6 Å². The van der Waals surface area contributed by atoms with Gasteiger partial charge in [0.1, 0.15) is 12.3 Å². The number of nitrogens with zero attached hydrogens (tertiary/aromatic N) is 6. The molecule has 11 nitrogen and oxygen atoms in total. The molecular weight excluding hydrogens is 677 g/mol. The Hall–Kier alpha value is -6.22. The van der Waals surface area contributed by atoms with Gasteiger partial charge in [-0.3, -0.25) is 18.8 Å². The SMILES string of the molecule is Cc1cc(C(=O)OCc2ccccc2)c(C(=O)Nc2ccc(CN3CCC(N(C)C)C3)c(C)c2)cc1C#Cc1cnc2c(Nc3cnn(C)c3)cccn12. The molecule has 1 amide bonds. The van der Waals surface area contributed by atoms with Crippen molar-refractivity contribution in [3.8, 4) is 11.8 Å². The standard InChI is InChI=1S/C43H44N8O3/c1-29-20-34(15-13-33(29)25-50-19-17-37(27-50)48(3)4)47-42(52)38-22-32(30(2)21-39(38)43(53)54-28-31-10-7-6-8-11-31)14-16-36-24-44-41-40(12-9-18-51(36)41)46-35-23-45-49(5)26-35/h6-13,15,18,20-24,26,37,46H,17,19,25,27-28H2,1-5H3,(H,47,52). The molecule has 1 atom stereocenters. The van der Waals surface area contributed by atoms with Gasteiger partial charge in [0.2, 0.25) is 0 Å². The number of likely N-dealkylation sites (N-methyl/N-ethyl adjacent to an activating group) is 1. The highest BCUT2D eigenvalue weighted by Gasteiger charge is 2.25. The number of aromatic nitrogens is 4. The Morgan fingerprint density at radius 3 is 2.52 bits per heavy atom. The van der Waals surface area contributed by atoms with Crippen molar-refractivity contribution >= 4 is 34.6 Å². The average molecular weight is 721 g/mol. The Balaban J connectivity index is 1.15. The summed E-state index contributed by atoms with van der Waals surface area (Å²) in [5.74, 6) is 5.46. The predicted molar refractivity (Wildman–Crippen MR) is 211 cm³/mol. The summed E-state index contributed by atoms with van der Waals surface area (Å²) in [6.45, 7) is 6.97. The first kappa shape index (κ1) is 36.2. The summed E-state index contributed by atoms with van der Waals surface area (Å²) in [6, 6.07) is 23.2. The molecule has 1 unspecified atom stereocenters. The minimum absolute atomic E-state index is 0.0835. The molecule has 1 fully saturated rings. The molecule has 54 heavy (non-hydrogen) atoms. The maximum Gasteiger partial charge on any atom is 0.339 e. The van der Waals surface area contributed by atoms with Gasteiger partial charge in [0, 0.05) is 56.4 Å². The van der Waals surface area contributed by atoms with Crippen LogP contribution >= 0.6 is 0 Å². The van der Waals surface area contributed by atoms with Gasteiger partial charge >= 0.3 is 5.97 Å². The number of hydrogen-bond acceptors (Lipinski definition) is 8. The summed E-state index contributed by atoms with van der Waals surface area (Å²) < 4.78 is 9.34. The number of rotatable bonds is 10. The lowest BCUT2D eigenvalue weighted by Crippen LogP contribution is -2.31. The second-order valence-corrected chi connectivity index (χ2v) is 14.0. The molecule has 0 spiro atoms. The Morgan fingerprint density at radius 1 is 0.944 bits per heavy atom. The topological polar surface area (TPSA) is 109 Å². The summed E-state index contributed by atoms with van der Waals surface area (Å²) in [5, 5.41) is 10.6. The van der Waals surface area contributed by atoms with Crippen molar-refractivity contribution in [2.75, 3.05) is 37.8 Å². The second kappa shape index (κ2) is 15.8. The molecule has 2 N–H and O–H groups in total. The van der Waals surface area contributed by atoms with Gasteiger partial charge in [0.25, 0.3) is 5.91 Å². The summed E-state index contributed by atoms with van der Waals surface area (Å²) in [6.07, 6.45) is 8.40. The number of carbonyl (C=O) groups is 2. The first-order valence-electron chi connectivity index (χ1n) is 18.0. The average Bonchev–Trinajstić information content (AvgIpc) is 3.92. The molecule has 1 aliphatic rings. The molecule has 0 aliphatic carbocycles. The zero-order valence-corrected chi connectivity index (χ0v) is 31.3. The molecule has 11 heteroatoms. The van der Waals surface area contributed by atoms with E-state index in [0.29, 0.717) is 28.6 Å². The van der Waals surface area contributed by atoms with Crippen molar-refractivity contribution < 1.29 is 14.3 Å². The zero-order valence-electron chi connectivity index (χ0n) is 31.3. The number of ether oxygens (including phenoxy) is 1. The second-order valence-electron chi connectivity index (χ2n) is 14.0. The molecular formula is C43H44N8O3. The maximum atomic E-state index is 14.0. The molecule has 0 bridgehead atoms. The van der Waals surface area contributed by atoms with Crippen LogP contribution in [0, 0.1) is 25.7 Å². The molecule has 0 saturated carbocycles. The largest absolute Gasteiger partial charge is 0.457 e. The van der Waals surface area contributed by atoms with Crippen molar-refractivity contribution in [3.05, 3.63) is 142 Å². The van der Waals surface area contributed by atoms with Crippen LogP contribution in [-0.2, 0) is 24.9 Å². The number of anilines is 3. The summed E-state index contributed by atoms with van der Waals surface area (Å²) >= 11 is 0. The number of esters is 1. The van der Waals surface area contributed by atoms with Crippen molar-refractivity contribution in [3.63, 3.8) is 0 Å². The Bertz CT molecular complexity index is 2380. The van der Waals surface area contributed by atoms with Crippen molar-refractivity contribution in [1.29, 1.82) is 0 Å². The molecule has 3 aromatic carbocycles. The first-order valence-corrected chi connectivity index (χ1v) is 18.0. The molecule has 4 heterocycles. The van der Waals surface area contributed by atoms with E-state index in [1.165, 1.54) is 5.56 Å². The number of imidazole rings is 1. The number of amides is 1. The van der Waals surface area contributed by atoms with Crippen LogP contribution in [0.2, 0.25) is 0 Å². The van der Waals surface area contributed by atoms with Crippen LogP contribution in [0.25, 0.3) is 5.65 Å². The van der Waals surface area contributed by atoms with Gasteiger partial charge in [-0.05, 0) is 98.9 Å². The highest BCUT2D eigenvalue weighted by atomic mass is 16.5. The molecule has 7 rings (SSSR count). The third-order valence-corrected chi connectivity index (χ3v) is 9.86. The smallest absolute Gasteiger partial charge is 0.339 e. The van der Waals surface area contributed by atoms with E-state index in [-0.39, 0.29) is 17.7 Å². The fourth-order valence-corrected chi connectivity index (χ4v) is 6.74. The van der Waals surface area contributed by atoms with Gasteiger partial charge in [0.15, 0.2) is 5.65 Å². The van der Waals surface area contributed by atoms with Crippen LogP contribution in [0.4, 0.5) is 17.1 Å². The van der Waals surface area contributed by atoms with Gasteiger partial charge < -0.3 is 20.3 Å². The van der Waals surface area contributed by atoms with E-state index in [1.54, 1.807) is 29.2 Å². The Labute approximate surface area is 315 Å². The third-order valence-electron chi connectivity index (χ3n) is 9.86. The number of benzene rings is 3. The fourth-order valence-electron chi connectivity index (χ4n) is 6.74. The summed E-state index contributed by atoms with van der Waals surface area (Å²) in [7, 11) is 6.13. The van der Waals surface area contributed by atoms with E-state index in [1.807, 2.05) is 85.4 Å². The van der Waals surface area contributed by atoms with E-state index < -0.39 is 11.9 Å². The summed E-state index contributed by atoms with van der Waals surface area (Å²) in [5.41, 5.74) is 8.52. The van der Waals surface area contributed by atoms with Crippen LogP contribution in [0.1, 0.15) is 60.6 Å². The molecule has 0 radical (unpaired) electrons. The van der Waals surface area contributed by atoms with E-state index in [9.17, 15) is 9.59 Å². The monoisotopic (exact) mass is 720 g/mol. The highest BCUT2D eigenvalue weighted by Crippen LogP contribution is 2.25. The van der Waals surface area contributed by atoms with Crippen LogP contribution in [0.5, 0.6) is 0 Å². The molecule has 1 aliphatic heterocycles. The summed E-state index contributed by atoms with van der Waals surface area (Å²) in [4.78, 5) is 37.0. The minimum Gasteiger partial charge on any atom is -0.457 e. The third kappa shape index (κ3) is 8.20. The van der Waals surface area contributed by atoms with Crippen LogP contribution in [-0.4, -0.2) is 74.1 Å². The van der Waals surface area contributed by atoms with Gasteiger partial charge in [-0.15, -0.1) is 0 Å². The number of aryl methyl sites for hydroxylation is 3. The van der Waals surface area contributed by atoms with Crippen LogP contribution < -0.4 is 10.6 Å². The van der Waals surface area contributed by atoms with Crippen molar-refractivity contribution in [2.45, 2.75) is 39.5 Å². The van der Waals surface area contributed by atoms with E-state index in [0.717, 1.165) is 54.1 Å². The number of hydrogen-bond donors (Lipinski definition) is 2. The Kier molecular flexibility index (Phi) is 10.6. The number of fused-ring (bicyclic) bond motifs is 1. The normalized spacial score (nSPS) is 14.2. The van der Waals surface area contributed by atoms with E-state index in [2.05, 4.69) is 69.4 Å². The molecule has 3 aromatic heterocycles. The predicted octanol–water partition coefficient (Wildman–Crippen LogP) is 6.57. The van der Waals surface area contributed by atoms with Gasteiger partial charge in [-0.2, -0.15) is 5.10 Å². The number of carbonyl (C=O) groups excluding carboxylic acids is 2. The van der Waals surface area contributed by atoms with Crippen molar-refractivity contribution in [1.82, 2.24) is 29.0 Å². The zero-order chi connectivity index (χ0) is 37.8. The lowest BCUT2D eigenvalue weighted by atomic mass is 9.98. The van der Waals surface area contributed by atoms with E-state index >= 15 is 0 Å². The molecule has 6 aromatic rings. The van der Waals surface area contributed by atoms with Gasteiger partial charge in [-0.25, -0.2) is 9.78 Å². The van der Waals surface area contributed by atoms with Gasteiger partial charge in [-0.1, -0.05) is 42.3 Å². The number of likely N-dealkylation sites (tertiary alicyclic amines) is 1. The molecule has 1 saturated heterocycles. The number of pyridine rings is 1. The minimum atomic E-state index is -0.588. The maximum absolute atomic E-state index is 14.0. The Morgan fingerprint density at radius 2 is 1.78 bits per heavy atom. The molecule has 274 valence electrons. The van der Waals surface area contributed by atoms with Gasteiger partial charge in [0.05, 0.1) is 34.9 Å². The van der Waals surface area contributed by atoms with E-state index in [4.69, 9.17) is 4.74 Å². The lowest BCUT2D eigenvalue weighted by molar-refractivity contribution is 0.0470. The van der Waals surface area contributed by atoms with Crippen molar-refractivity contribution in [2.24, 2.45) is 7.05 Å². The first-order chi connectivity index (χ1) is 26.1.